The summed E-state index contributed by atoms with van der Waals surface area (Å²) in [6.45, 7) is 3.84. The van der Waals surface area contributed by atoms with Crippen LogP contribution < -0.4 is 5.32 Å². The van der Waals surface area contributed by atoms with E-state index in [1.54, 1.807) is 6.20 Å². The van der Waals surface area contributed by atoms with Crippen LogP contribution in [0.5, 0.6) is 0 Å². The summed E-state index contributed by atoms with van der Waals surface area (Å²) in [5.74, 6) is 1.57. The van der Waals surface area contributed by atoms with Gasteiger partial charge in [-0.2, -0.15) is 0 Å². The number of H-pyrrole nitrogens is 1. The number of aromatic nitrogens is 5. The molecule has 1 saturated heterocycles. The van der Waals surface area contributed by atoms with Gasteiger partial charge in [0.05, 0.1) is 17.9 Å². The molecular weight excluding hydrogens is 466 g/mol. The van der Waals surface area contributed by atoms with Crippen molar-refractivity contribution in [1.29, 1.82) is 0 Å². The second kappa shape index (κ2) is 9.98. The first kappa shape index (κ1) is 23.1. The molecule has 10 heteroatoms. The third kappa shape index (κ3) is 5.01. The van der Waals surface area contributed by atoms with Gasteiger partial charge in [-0.3, -0.25) is 14.7 Å². The normalized spacial score (nSPS) is 16.2. The monoisotopic (exact) mass is 495 g/mol. The van der Waals surface area contributed by atoms with Crippen LogP contribution in [0.4, 0.5) is 11.6 Å². The number of anilines is 2. The lowest BCUT2D eigenvalue weighted by molar-refractivity contribution is 0.0619. The molecule has 37 heavy (non-hydrogen) atoms. The SMILES string of the molecule is Cn1ccnc1CN1CCN(C(=O)c2cc3cc(Nc4nccc(C5=CCCC=N5)n4)ccc3[nH]2)CC1. The molecule has 0 unspecified atom stereocenters. The van der Waals surface area contributed by atoms with E-state index in [9.17, 15) is 4.79 Å². The summed E-state index contributed by atoms with van der Waals surface area (Å²) in [7, 11) is 2.01. The first-order chi connectivity index (χ1) is 18.1. The van der Waals surface area contributed by atoms with E-state index in [4.69, 9.17) is 0 Å². The molecule has 1 amide bonds. The summed E-state index contributed by atoms with van der Waals surface area (Å²) in [4.78, 5) is 38.6. The van der Waals surface area contributed by atoms with Gasteiger partial charge in [-0.1, -0.05) is 6.08 Å². The summed E-state index contributed by atoms with van der Waals surface area (Å²) < 4.78 is 2.04. The number of carbonyl (C=O) groups excluding carboxylic acids is 1. The number of imidazole rings is 1. The number of piperazine rings is 1. The highest BCUT2D eigenvalue weighted by molar-refractivity contribution is 5.98. The Hall–Kier alpha value is -4.31. The maximum absolute atomic E-state index is 13.2. The van der Waals surface area contributed by atoms with Crippen LogP contribution in [0.25, 0.3) is 16.6 Å². The van der Waals surface area contributed by atoms with Gasteiger partial charge in [0, 0.05) is 74.6 Å². The highest BCUT2D eigenvalue weighted by Gasteiger charge is 2.24. The van der Waals surface area contributed by atoms with Crippen molar-refractivity contribution < 1.29 is 4.79 Å². The molecule has 5 heterocycles. The third-order valence-electron chi connectivity index (χ3n) is 6.83. The van der Waals surface area contributed by atoms with Gasteiger partial charge in [-0.15, -0.1) is 0 Å². The Balaban J connectivity index is 1.11. The van der Waals surface area contributed by atoms with E-state index < -0.39 is 0 Å². The van der Waals surface area contributed by atoms with E-state index in [2.05, 4.69) is 41.2 Å². The molecular formula is C27H29N9O. The fourth-order valence-electron chi connectivity index (χ4n) is 4.73. The molecule has 0 saturated carbocycles. The predicted octanol–water partition coefficient (Wildman–Crippen LogP) is 3.60. The molecule has 2 N–H and O–H groups in total. The van der Waals surface area contributed by atoms with Crippen molar-refractivity contribution in [3.63, 3.8) is 0 Å². The van der Waals surface area contributed by atoms with Gasteiger partial charge in [0.25, 0.3) is 5.91 Å². The number of aryl methyl sites for hydroxylation is 1. The van der Waals surface area contributed by atoms with Crippen LogP contribution in [0.2, 0.25) is 0 Å². The number of carbonyl (C=O) groups is 1. The number of nitrogens with one attached hydrogen (secondary N) is 2. The molecule has 3 aromatic heterocycles. The summed E-state index contributed by atoms with van der Waals surface area (Å²) in [5, 5.41) is 4.24. The Morgan fingerprint density at radius 3 is 2.73 bits per heavy atom. The van der Waals surface area contributed by atoms with E-state index in [1.807, 2.05) is 65.5 Å². The number of hydrogen-bond acceptors (Lipinski definition) is 7. The lowest BCUT2D eigenvalue weighted by atomic mass is 10.2. The van der Waals surface area contributed by atoms with Gasteiger partial charge in [0.2, 0.25) is 5.95 Å². The van der Waals surface area contributed by atoms with Crippen molar-refractivity contribution in [1.82, 2.24) is 34.3 Å². The number of amides is 1. The Morgan fingerprint density at radius 2 is 1.95 bits per heavy atom. The zero-order valence-electron chi connectivity index (χ0n) is 20.8. The van der Waals surface area contributed by atoms with Crippen LogP contribution in [0.1, 0.15) is 34.8 Å². The fourth-order valence-corrected chi connectivity index (χ4v) is 4.73. The maximum Gasteiger partial charge on any atom is 0.270 e. The van der Waals surface area contributed by atoms with Gasteiger partial charge < -0.3 is 19.8 Å². The summed E-state index contributed by atoms with van der Waals surface area (Å²) in [5.41, 5.74) is 4.04. The number of allylic oxidation sites excluding steroid dienone is 1. The minimum Gasteiger partial charge on any atom is -0.351 e. The van der Waals surface area contributed by atoms with Crippen molar-refractivity contribution in [2.75, 3.05) is 31.5 Å². The lowest BCUT2D eigenvalue weighted by Crippen LogP contribution is -2.48. The molecule has 0 radical (unpaired) electrons. The first-order valence-corrected chi connectivity index (χ1v) is 12.6. The van der Waals surface area contributed by atoms with Crippen LogP contribution in [0, 0.1) is 0 Å². The quantitative estimate of drug-likeness (QED) is 0.423. The van der Waals surface area contributed by atoms with Gasteiger partial charge in [-0.25, -0.2) is 15.0 Å². The number of nitrogens with zero attached hydrogens (tertiary/aromatic N) is 7. The van der Waals surface area contributed by atoms with Gasteiger partial charge in [-0.05, 0) is 43.2 Å². The van der Waals surface area contributed by atoms with Crippen LogP contribution in [-0.4, -0.2) is 72.6 Å². The number of aromatic amines is 1. The Morgan fingerprint density at radius 1 is 1.05 bits per heavy atom. The Bertz CT molecular complexity index is 1490. The molecule has 188 valence electrons. The topological polar surface area (TPSA) is 107 Å². The van der Waals surface area contributed by atoms with Gasteiger partial charge in [0.1, 0.15) is 11.5 Å². The van der Waals surface area contributed by atoms with Crippen molar-refractivity contribution in [2.45, 2.75) is 19.4 Å². The molecule has 0 atom stereocenters. The van der Waals surface area contributed by atoms with E-state index in [0.29, 0.717) is 24.7 Å². The Labute approximate surface area is 214 Å². The van der Waals surface area contributed by atoms with Crippen LogP contribution >= 0.6 is 0 Å². The smallest absolute Gasteiger partial charge is 0.270 e. The number of benzene rings is 1. The summed E-state index contributed by atoms with van der Waals surface area (Å²) in [6.07, 6.45) is 11.5. The zero-order valence-corrected chi connectivity index (χ0v) is 20.8. The lowest BCUT2D eigenvalue weighted by Gasteiger charge is -2.34. The maximum atomic E-state index is 13.2. The average Bonchev–Trinajstić information content (AvgIpc) is 3.55. The molecule has 2 aliphatic rings. The van der Waals surface area contributed by atoms with Crippen LogP contribution in [-0.2, 0) is 13.6 Å². The van der Waals surface area contributed by atoms with Gasteiger partial charge >= 0.3 is 0 Å². The second-order valence-corrected chi connectivity index (χ2v) is 9.38. The molecule has 1 fully saturated rings. The largest absolute Gasteiger partial charge is 0.351 e. The standard InChI is InChI=1S/C27H29N9O/c1-34-11-10-29-25(34)18-35-12-14-36(15-13-35)26(37)24-17-19-16-20(5-6-21(19)32-24)31-27-30-9-7-23(33-27)22-4-2-3-8-28-22/h4-11,16-17,32H,2-3,12-15,18H2,1H3,(H,30,31,33). The molecule has 4 aromatic rings. The molecule has 10 nitrogen and oxygen atoms in total. The van der Waals surface area contributed by atoms with E-state index >= 15 is 0 Å². The average molecular weight is 496 g/mol. The zero-order chi connectivity index (χ0) is 25.2. The fraction of sp³-hybridized carbons (Fsp3) is 0.296. The van der Waals surface area contributed by atoms with E-state index in [1.165, 1.54) is 0 Å². The highest BCUT2D eigenvalue weighted by atomic mass is 16.2. The molecule has 0 spiro atoms. The molecule has 0 bridgehead atoms. The number of rotatable bonds is 6. The highest BCUT2D eigenvalue weighted by Crippen LogP contribution is 2.24. The number of aliphatic imine (C=N–C) groups is 1. The van der Waals surface area contributed by atoms with Crippen molar-refractivity contribution in [3.05, 3.63) is 72.2 Å². The second-order valence-electron chi connectivity index (χ2n) is 9.38. The van der Waals surface area contributed by atoms with Crippen molar-refractivity contribution in [3.8, 4) is 0 Å². The molecule has 2 aliphatic heterocycles. The summed E-state index contributed by atoms with van der Waals surface area (Å²) >= 11 is 0. The Kier molecular flexibility index (Phi) is 6.23. The van der Waals surface area contributed by atoms with Gasteiger partial charge in [0.15, 0.2) is 0 Å². The summed E-state index contributed by atoms with van der Waals surface area (Å²) in [6, 6.07) is 9.71. The number of fused-ring (bicyclic) bond motifs is 1. The molecule has 1 aromatic carbocycles. The van der Waals surface area contributed by atoms with Crippen molar-refractivity contribution >= 4 is 40.4 Å². The minimum absolute atomic E-state index is 0.0275. The van der Waals surface area contributed by atoms with E-state index in [-0.39, 0.29) is 5.91 Å². The number of hydrogen-bond donors (Lipinski definition) is 2. The predicted molar refractivity (Wildman–Crippen MR) is 144 cm³/mol. The van der Waals surface area contributed by atoms with Crippen LogP contribution in [0.15, 0.2) is 60.0 Å². The van der Waals surface area contributed by atoms with Crippen LogP contribution in [0.3, 0.4) is 0 Å². The first-order valence-electron chi connectivity index (χ1n) is 12.6. The molecule has 6 rings (SSSR count). The molecule has 0 aliphatic carbocycles. The third-order valence-corrected chi connectivity index (χ3v) is 6.83. The minimum atomic E-state index is 0.0275. The van der Waals surface area contributed by atoms with E-state index in [0.717, 1.165) is 66.3 Å². The van der Waals surface area contributed by atoms with Crippen molar-refractivity contribution in [2.24, 2.45) is 12.0 Å².